The fourth-order valence-electron chi connectivity index (χ4n) is 2.00. The molecule has 1 amide bonds. The van der Waals surface area contributed by atoms with Crippen LogP contribution in [-0.2, 0) is 4.79 Å². The molecule has 1 fully saturated rings. The van der Waals surface area contributed by atoms with Gasteiger partial charge in [0, 0.05) is 30.4 Å². The standard InChI is InChI=1S/C10H19BrN2O/c1-8(2)13(10(14)3-5-11)9-4-6-12-7-9/h8-9,12H,3-7H2,1-2H3. The Hall–Kier alpha value is -0.0900. The van der Waals surface area contributed by atoms with Crippen molar-refractivity contribution in [3.63, 3.8) is 0 Å². The van der Waals surface area contributed by atoms with E-state index in [1.807, 2.05) is 4.90 Å². The SMILES string of the molecule is CC(C)N(C(=O)CCBr)C1CCNC1. The molecule has 0 aromatic heterocycles. The molecule has 0 aliphatic carbocycles. The smallest absolute Gasteiger partial charge is 0.223 e. The fraction of sp³-hybridized carbons (Fsp3) is 0.900. The average Bonchev–Trinajstić information content (AvgIpc) is 2.57. The third-order valence-electron chi connectivity index (χ3n) is 2.58. The molecule has 1 N–H and O–H groups in total. The second kappa shape index (κ2) is 5.71. The molecular formula is C10H19BrN2O. The number of hydrogen-bond acceptors (Lipinski definition) is 2. The highest BCUT2D eigenvalue weighted by atomic mass is 79.9. The lowest BCUT2D eigenvalue weighted by atomic mass is 10.1. The molecule has 0 aromatic rings. The summed E-state index contributed by atoms with van der Waals surface area (Å²) in [5.41, 5.74) is 0. The van der Waals surface area contributed by atoms with E-state index in [2.05, 4.69) is 35.1 Å². The molecule has 1 aliphatic rings. The van der Waals surface area contributed by atoms with Gasteiger partial charge in [0.05, 0.1) is 0 Å². The second-order valence-corrected chi connectivity index (χ2v) is 4.77. The quantitative estimate of drug-likeness (QED) is 0.777. The van der Waals surface area contributed by atoms with E-state index in [4.69, 9.17) is 0 Å². The summed E-state index contributed by atoms with van der Waals surface area (Å²) in [6, 6.07) is 0.716. The molecule has 1 rings (SSSR count). The largest absolute Gasteiger partial charge is 0.336 e. The first kappa shape index (κ1) is 12.0. The maximum Gasteiger partial charge on any atom is 0.223 e. The minimum atomic E-state index is 0.269. The van der Waals surface area contributed by atoms with E-state index >= 15 is 0 Å². The average molecular weight is 263 g/mol. The zero-order valence-corrected chi connectivity index (χ0v) is 10.5. The van der Waals surface area contributed by atoms with E-state index in [1.54, 1.807) is 0 Å². The summed E-state index contributed by atoms with van der Waals surface area (Å²) in [4.78, 5) is 13.9. The van der Waals surface area contributed by atoms with Crippen LogP contribution in [-0.4, -0.2) is 41.3 Å². The predicted octanol–water partition coefficient (Wildman–Crippen LogP) is 1.37. The molecular weight excluding hydrogens is 244 g/mol. The lowest BCUT2D eigenvalue weighted by Gasteiger charge is -2.32. The number of halogens is 1. The maximum absolute atomic E-state index is 11.8. The van der Waals surface area contributed by atoms with Crippen LogP contribution in [0.1, 0.15) is 26.7 Å². The summed E-state index contributed by atoms with van der Waals surface area (Å²) in [6.07, 6.45) is 1.70. The van der Waals surface area contributed by atoms with Crippen molar-refractivity contribution in [1.29, 1.82) is 0 Å². The summed E-state index contributed by atoms with van der Waals surface area (Å²) in [5, 5.41) is 4.06. The highest BCUT2D eigenvalue weighted by molar-refractivity contribution is 9.09. The zero-order valence-electron chi connectivity index (χ0n) is 8.92. The van der Waals surface area contributed by atoms with Gasteiger partial charge >= 0.3 is 0 Å². The molecule has 0 bridgehead atoms. The monoisotopic (exact) mass is 262 g/mol. The Morgan fingerprint density at radius 3 is 2.79 bits per heavy atom. The summed E-state index contributed by atoms with van der Waals surface area (Å²) < 4.78 is 0. The lowest BCUT2D eigenvalue weighted by Crippen LogP contribution is -2.45. The van der Waals surface area contributed by atoms with E-state index in [9.17, 15) is 4.79 Å². The van der Waals surface area contributed by atoms with Gasteiger partial charge in [-0.3, -0.25) is 4.79 Å². The van der Waals surface area contributed by atoms with Crippen molar-refractivity contribution >= 4 is 21.8 Å². The van der Waals surface area contributed by atoms with E-state index in [1.165, 1.54) is 0 Å². The number of nitrogens with zero attached hydrogens (tertiary/aromatic N) is 1. The van der Waals surface area contributed by atoms with E-state index in [-0.39, 0.29) is 5.91 Å². The Bertz CT molecular complexity index is 191. The highest BCUT2D eigenvalue weighted by Gasteiger charge is 2.27. The zero-order chi connectivity index (χ0) is 10.6. The lowest BCUT2D eigenvalue weighted by molar-refractivity contribution is -0.134. The first-order valence-corrected chi connectivity index (χ1v) is 6.36. The number of carbonyl (C=O) groups excluding carboxylic acids is 1. The van der Waals surface area contributed by atoms with Gasteiger partial charge in [-0.1, -0.05) is 15.9 Å². The number of hydrogen-bond donors (Lipinski definition) is 1. The first-order chi connectivity index (χ1) is 6.66. The molecule has 4 heteroatoms. The Balaban J connectivity index is 2.57. The molecule has 1 aliphatic heterocycles. The number of amides is 1. The van der Waals surface area contributed by atoms with Crippen LogP contribution in [0.2, 0.25) is 0 Å². The Labute approximate surface area is 94.4 Å². The molecule has 0 aromatic carbocycles. The molecule has 0 radical (unpaired) electrons. The van der Waals surface area contributed by atoms with Crippen molar-refractivity contribution in [1.82, 2.24) is 10.2 Å². The molecule has 1 unspecified atom stereocenters. The Morgan fingerprint density at radius 2 is 2.36 bits per heavy atom. The number of carbonyl (C=O) groups is 1. The molecule has 3 nitrogen and oxygen atoms in total. The van der Waals surface area contributed by atoms with Gasteiger partial charge in [-0.15, -0.1) is 0 Å². The van der Waals surface area contributed by atoms with Crippen LogP contribution in [0.4, 0.5) is 0 Å². The van der Waals surface area contributed by atoms with Crippen molar-refractivity contribution < 1.29 is 4.79 Å². The minimum Gasteiger partial charge on any atom is -0.336 e. The minimum absolute atomic E-state index is 0.269. The van der Waals surface area contributed by atoms with E-state index in [0.29, 0.717) is 18.5 Å². The Morgan fingerprint density at radius 1 is 1.64 bits per heavy atom. The van der Waals surface area contributed by atoms with Gasteiger partial charge in [0.15, 0.2) is 0 Å². The van der Waals surface area contributed by atoms with Crippen molar-refractivity contribution in [3.8, 4) is 0 Å². The fourth-order valence-corrected chi connectivity index (χ4v) is 2.34. The van der Waals surface area contributed by atoms with Crippen LogP contribution in [0.3, 0.4) is 0 Å². The number of nitrogens with one attached hydrogen (secondary N) is 1. The van der Waals surface area contributed by atoms with Crippen LogP contribution in [0.25, 0.3) is 0 Å². The highest BCUT2D eigenvalue weighted by Crippen LogP contribution is 2.14. The van der Waals surface area contributed by atoms with Crippen LogP contribution < -0.4 is 5.32 Å². The van der Waals surface area contributed by atoms with Crippen molar-refractivity contribution in [2.24, 2.45) is 0 Å². The van der Waals surface area contributed by atoms with Gasteiger partial charge in [-0.2, -0.15) is 0 Å². The van der Waals surface area contributed by atoms with Crippen molar-refractivity contribution in [3.05, 3.63) is 0 Å². The topological polar surface area (TPSA) is 32.3 Å². The molecule has 82 valence electrons. The second-order valence-electron chi connectivity index (χ2n) is 3.98. The molecule has 1 saturated heterocycles. The molecule has 1 atom stereocenters. The van der Waals surface area contributed by atoms with E-state index < -0.39 is 0 Å². The van der Waals surface area contributed by atoms with Crippen LogP contribution in [0.5, 0.6) is 0 Å². The first-order valence-electron chi connectivity index (χ1n) is 5.24. The molecule has 14 heavy (non-hydrogen) atoms. The third kappa shape index (κ3) is 2.95. The molecule has 1 heterocycles. The van der Waals surface area contributed by atoms with Crippen molar-refractivity contribution in [2.45, 2.75) is 38.8 Å². The van der Waals surface area contributed by atoms with Gasteiger partial charge in [0.25, 0.3) is 0 Å². The van der Waals surface area contributed by atoms with E-state index in [0.717, 1.165) is 24.8 Å². The summed E-state index contributed by atoms with van der Waals surface area (Å²) in [7, 11) is 0. The van der Waals surface area contributed by atoms with Gasteiger partial charge in [-0.05, 0) is 26.8 Å². The molecule has 0 spiro atoms. The van der Waals surface area contributed by atoms with Crippen LogP contribution in [0.15, 0.2) is 0 Å². The van der Waals surface area contributed by atoms with Crippen molar-refractivity contribution in [2.75, 3.05) is 18.4 Å². The number of rotatable bonds is 4. The summed E-state index contributed by atoms with van der Waals surface area (Å²) in [6.45, 7) is 6.16. The van der Waals surface area contributed by atoms with Crippen LogP contribution >= 0.6 is 15.9 Å². The number of alkyl halides is 1. The van der Waals surface area contributed by atoms with Crippen LogP contribution in [0, 0.1) is 0 Å². The maximum atomic E-state index is 11.8. The van der Waals surface area contributed by atoms with Gasteiger partial charge in [0.2, 0.25) is 5.91 Å². The molecule has 0 saturated carbocycles. The van der Waals surface area contributed by atoms with Gasteiger partial charge in [0.1, 0.15) is 0 Å². The summed E-state index contributed by atoms with van der Waals surface area (Å²) >= 11 is 3.31. The Kier molecular flexibility index (Phi) is 4.89. The third-order valence-corrected chi connectivity index (χ3v) is 2.98. The summed E-state index contributed by atoms with van der Waals surface area (Å²) in [5.74, 6) is 0.269. The predicted molar refractivity (Wildman–Crippen MR) is 61.7 cm³/mol. The van der Waals surface area contributed by atoms with Gasteiger partial charge in [-0.25, -0.2) is 0 Å². The normalized spacial score (nSPS) is 21.6. The van der Waals surface area contributed by atoms with Gasteiger partial charge < -0.3 is 10.2 Å².